The zero-order valence-corrected chi connectivity index (χ0v) is 19.4. The molecule has 9 heteroatoms. The number of hydrogen-bond acceptors (Lipinski definition) is 3. The van der Waals surface area contributed by atoms with Gasteiger partial charge in [0, 0.05) is 17.3 Å². The van der Waals surface area contributed by atoms with Gasteiger partial charge in [-0.3, -0.25) is 9.59 Å². The molecule has 1 saturated heterocycles. The van der Waals surface area contributed by atoms with Crippen molar-refractivity contribution in [3.8, 4) is 0 Å². The average molecular weight is 507 g/mol. The Balaban J connectivity index is 1.61. The van der Waals surface area contributed by atoms with Crippen LogP contribution in [0, 0.1) is 11.6 Å². The molecule has 0 aliphatic carbocycles. The molecule has 1 N–H and O–H groups in total. The molecule has 3 aromatic carbocycles. The van der Waals surface area contributed by atoms with Gasteiger partial charge < -0.3 is 10.2 Å². The van der Waals surface area contributed by atoms with Crippen molar-refractivity contribution in [2.75, 3.05) is 5.75 Å². The van der Waals surface area contributed by atoms with Crippen molar-refractivity contribution in [3.05, 3.63) is 105 Å². The minimum absolute atomic E-state index is 0.174. The van der Waals surface area contributed by atoms with Crippen molar-refractivity contribution in [2.24, 2.45) is 0 Å². The molecule has 1 aliphatic heterocycles. The number of carbonyl (C=O) groups excluding carboxylic acids is 2. The Kier molecular flexibility index (Phi) is 7.22. The number of amides is 2. The van der Waals surface area contributed by atoms with E-state index < -0.39 is 23.1 Å². The molecule has 3 aromatic rings. The molecule has 4 nitrogen and oxygen atoms in total. The maximum Gasteiger partial charge on any atom is 0.257 e. The van der Waals surface area contributed by atoms with Gasteiger partial charge >= 0.3 is 0 Å². The molecule has 0 spiro atoms. The minimum atomic E-state index is -0.787. The lowest BCUT2D eigenvalue weighted by molar-refractivity contribution is -0.125. The van der Waals surface area contributed by atoms with Crippen LogP contribution in [0.15, 0.2) is 66.7 Å². The minimum Gasteiger partial charge on any atom is -0.350 e. The van der Waals surface area contributed by atoms with Crippen molar-refractivity contribution in [3.63, 3.8) is 0 Å². The maximum atomic E-state index is 13.5. The highest BCUT2D eigenvalue weighted by molar-refractivity contribution is 7.99. The molecular weight excluding hydrogens is 489 g/mol. The van der Waals surface area contributed by atoms with Crippen LogP contribution < -0.4 is 5.32 Å². The maximum absolute atomic E-state index is 13.5. The highest BCUT2D eigenvalue weighted by Gasteiger charge is 2.43. The number of hydrogen-bond donors (Lipinski definition) is 1. The molecule has 0 saturated carbocycles. The van der Waals surface area contributed by atoms with E-state index in [1.165, 1.54) is 53.1 Å². The van der Waals surface area contributed by atoms with Crippen LogP contribution in [0.4, 0.5) is 8.78 Å². The van der Waals surface area contributed by atoms with E-state index in [0.29, 0.717) is 16.3 Å². The van der Waals surface area contributed by atoms with Gasteiger partial charge in [0.25, 0.3) is 5.91 Å². The summed E-state index contributed by atoms with van der Waals surface area (Å²) in [5.74, 6) is -1.20. The van der Waals surface area contributed by atoms with Gasteiger partial charge in [-0.05, 0) is 53.6 Å². The SMILES string of the molecule is O=C(NCc1ccc(F)cc1)C1CSC(c2ccc(F)cc2)N1C(=O)c1ccc(Cl)cc1Cl. The molecule has 1 aliphatic rings. The van der Waals surface area contributed by atoms with Gasteiger partial charge in [0.15, 0.2) is 0 Å². The second kappa shape index (κ2) is 10.1. The molecule has 1 heterocycles. The van der Waals surface area contributed by atoms with Gasteiger partial charge in [0.05, 0.1) is 10.6 Å². The highest BCUT2D eigenvalue weighted by atomic mass is 35.5. The Morgan fingerprint density at radius 1 is 0.970 bits per heavy atom. The van der Waals surface area contributed by atoms with Crippen LogP contribution in [0.2, 0.25) is 10.0 Å². The number of nitrogens with zero attached hydrogens (tertiary/aromatic N) is 1. The summed E-state index contributed by atoms with van der Waals surface area (Å²) in [7, 11) is 0. The first-order valence-electron chi connectivity index (χ1n) is 10.0. The fraction of sp³-hybridized carbons (Fsp3) is 0.167. The normalized spacial score (nSPS) is 17.8. The third kappa shape index (κ3) is 5.32. The molecule has 4 rings (SSSR count). The molecule has 2 atom stereocenters. The molecule has 0 bridgehead atoms. The predicted octanol–water partition coefficient (Wildman–Crippen LogP) is 5.84. The van der Waals surface area contributed by atoms with Crippen molar-refractivity contribution < 1.29 is 18.4 Å². The number of thioether (sulfide) groups is 1. The fourth-order valence-electron chi connectivity index (χ4n) is 3.55. The van der Waals surface area contributed by atoms with Crippen LogP contribution in [0.1, 0.15) is 26.9 Å². The van der Waals surface area contributed by atoms with Gasteiger partial charge in [-0.2, -0.15) is 0 Å². The fourth-order valence-corrected chi connectivity index (χ4v) is 5.47. The summed E-state index contributed by atoms with van der Waals surface area (Å²) >= 11 is 13.7. The molecular formula is C24H18Cl2F2N2O2S. The third-order valence-corrected chi connectivity index (χ3v) is 7.11. The lowest BCUT2D eigenvalue weighted by Crippen LogP contribution is -2.47. The molecule has 1 fully saturated rings. The Bertz CT molecular complexity index is 1180. The zero-order chi connectivity index (χ0) is 23.5. The van der Waals surface area contributed by atoms with Crippen LogP contribution in [-0.2, 0) is 11.3 Å². The molecule has 0 radical (unpaired) electrons. The average Bonchev–Trinajstić information content (AvgIpc) is 3.24. The summed E-state index contributed by atoms with van der Waals surface area (Å²) in [4.78, 5) is 28.1. The summed E-state index contributed by atoms with van der Waals surface area (Å²) < 4.78 is 26.6. The van der Waals surface area contributed by atoms with Crippen molar-refractivity contribution in [1.82, 2.24) is 10.2 Å². The van der Waals surface area contributed by atoms with Crippen LogP contribution >= 0.6 is 35.0 Å². The second-order valence-corrected chi connectivity index (χ2v) is 9.39. The topological polar surface area (TPSA) is 49.4 Å². The van der Waals surface area contributed by atoms with Gasteiger partial charge in [-0.1, -0.05) is 47.5 Å². The van der Waals surface area contributed by atoms with Crippen LogP contribution in [0.5, 0.6) is 0 Å². The Morgan fingerprint density at radius 2 is 1.61 bits per heavy atom. The van der Waals surface area contributed by atoms with E-state index in [-0.39, 0.29) is 28.9 Å². The van der Waals surface area contributed by atoms with E-state index >= 15 is 0 Å². The number of nitrogens with one attached hydrogen (secondary N) is 1. The molecule has 2 amide bonds. The standard InChI is InChI=1S/C24H18Cl2F2N2O2S/c25-16-5-10-19(20(26)11-16)23(32)30-21(13-33-24(30)15-3-8-18(28)9-4-15)22(31)29-12-14-1-6-17(27)7-2-14/h1-11,21,24H,12-13H2,(H,29,31). The summed E-state index contributed by atoms with van der Waals surface area (Å²) in [6.07, 6.45) is 0. The first-order valence-corrected chi connectivity index (χ1v) is 11.8. The first kappa shape index (κ1) is 23.5. The Labute approximate surface area is 203 Å². The summed E-state index contributed by atoms with van der Waals surface area (Å²) in [6, 6.07) is 15.4. The molecule has 170 valence electrons. The van der Waals surface area contributed by atoms with E-state index in [9.17, 15) is 18.4 Å². The van der Waals surface area contributed by atoms with E-state index in [0.717, 1.165) is 5.56 Å². The number of benzene rings is 3. The zero-order valence-electron chi connectivity index (χ0n) is 17.1. The van der Waals surface area contributed by atoms with Crippen LogP contribution in [0.25, 0.3) is 0 Å². The second-order valence-electron chi connectivity index (χ2n) is 7.43. The van der Waals surface area contributed by atoms with Gasteiger partial charge in [0.2, 0.25) is 5.91 Å². The Morgan fingerprint density at radius 3 is 2.24 bits per heavy atom. The largest absolute Gasteiger partial charge is 0.350 e. The predicted molar refractivity (Wildman–Crippen MR) is 126 cm³/mol. The number of rotatable bonds is 5. The van der Waals surface area contributed by atoms with E-state index in [2.05, 4.69) is 5.32 Å². The smallest absolute Gasteiger partial charge is 0.257 e. The van der Waals surface area contributed by atoms with Crippen molar-refractivity contribution >= 4 is 46.8 Å². The van der Waals surface area contributed by atoms with Crippen molar-refractivity contribution in [1.29, 1.82) is 0 Å². The summed E-state index contributed by atoms with van der Waals surface area (Å²) in [5.41, 5.74) is 1.63. The van der Waals surface area contributed by atoms with E-state index in [4.69, 9.17) is 23.2 Å². The van der Waals surface area contributed by atoms with E-state index in [1.807, 2.05) is 0 Å². The third-order valence-electron chi connectivity index (χ3n) is 5.23. The number of carbonyl (C=O) groups is 2. The van der Waals surface area contributed by atoms with Crippen LogP contribution in [0.3, 0.4) is 0 Å². The molecule has 33 heavy (non-hydrogen) atoms. The van der Waals surface area contributed by atoms with Gasteiger partial charge in [-0.25, -0.2) is 8.78 Å². The lowest BCUT2D eigenvalue weighted by Gasteiger charge is -2.29. The Hall–Kier alpha value is -2.61. The summed E-state index contributed by atoms with van der Waals surface area (Å²) in [6.45, 7) is 0.186. The van der Waals surface area contributed by atoms with Gasteiger partial charge in [0.1, 0.15) is 23.1 Å². The first-order chi connectivity index (χ1) is 15.8. The summed E-state index contributed by atoms with van der Waals surface area (Å²) in [5, 5.41) is 2.87. The quantitative estimate of drug-likeness (QED) is 0.472. The molecule has 2 unspecified atom stereocenters. The lowest BCUT2D eigenvalue weighted by atomic mass is 10.1. The van der Waals surface area contributed by atoms with Gasteiger partial charge in [-0.15, -0.1) is 11.8 Å². The molecule has 0 aromatic heterocycles. The van der Waals surface area contributed by atoms with Crippen LogP contribution in [-0.4, -0.2) is 28.5 Å². The van der Waals surface area contributed by atoms with Crippen molar-refractivity contribution in [2.45, 2.75) is 18.0 Å². The van der Waals surface area contributed by atoms with E-state index in [1.54, 1.807) is 30.3 Å². The number of halogens is 4. The highest BCUT2D eigenvalue weighted by Crippen LogP contribution is 2.43. The monoisotopic (exact) mass is 506 g/mol.